The van der Waals surface area contributed by atoms with Crippen LogP contribution in [-0.4, -0.2) is 18.3 Å². The topological polar surface area (TPSA) is 38.7 Å². The van der Waals surface area contributed by atoms with Crippen LogP contribution in [0.15, 0.2) is 66.7 Å². The minimum absolute atomic E-state index is 0.279. The van der Waals surface area contributed by atoms with Crippen LogP contribution in [0.4, 0.5) is 0 Å². The van der Waals surface area contributed by atoms with Crippen molar-refractivity contribution >= 4 is 21.5 Å². The Morgan fingerprint density at radius 3 is 1.67 bits per heavy atom. The third kappa shape index (κ3) is 8.14. The average Bonchev–Trinajstić information content (AvgIpc) is 2.96. The highest BCUT2D eigenvalue weighted by Crippen LogP contribution is 2.41. The lowest BCUT2D eigenvalue weighted by molar-refractivity contribution is 0.304. The second kappa shape index (κ2) is 15.4. The van der Waals surface area contributed by atoms with Crippen LogP contribution in [0.5, 0.6) is 17.2 Å². The predicted molar refractivity (Wildman–Crippen MR) is 166 cm³/mol. The number of rotatable bonds is 17. The number of unbranched alkanes of at least 4 members (excludes halogenated alkanes) is 10. The molecule has 0 aliphatic heterocycles. The molecule has 4 aromatic rings. The zero-order chi connectivity index (χ0) is 27.3. The molecule has 0 saturated heterocycles. The summed E-state index contributed by atoms with van der Waals surface area (Å²) in [6, 6.07) is 22.6. The molecule has 0 radical (unpaired) electrons. The van der Waals surface area contributed by atoms with E-state index < -0.39 is 0 Å². The normalized spacial score (nSPS) is 11.3. The largest absolute Gasteiger partial charge is 0.507 e. The van der Waals surface area contributed by atoms with Gasteiger partial charge in [0.2, 0.25) is 0 Å². The van der Waals surface area contributed by atoms with Gasteiger partial charge in [0.05, 0.1) is 13.2 Å². The first kappa shape index (κ1) is 28.8. The van der Waals surface area contributed by atoms with Crippen molar-refractivity contribution in [2.45, 2.75) is 90.9 Å². The molecule has 0 amide bonds. The first-order valence-corrected chi connectivity index (χ1v) is 15.3. The van der Waals surface area contributed by atoms with Crippen LogP contribution in [0.25, 0.3) is 32.7 Å². The molecule has 0 aliphatic carbocycles. The standard InChI is InChI=1S/C36H46O3/c1-3-5-7-9-11-13-24-38-30-21-18-28-16-15-17-32(33(28)26-30)36-34-27-31(22-19-29(34)20-23-35(36)37)39-25-14-12-10-8-6-4-2/h15-23,26-27,37H,3-14,24-25H2,1-2H3. The molecule has 0 bridgehead atoms. The Morgan fingerprint density at radius 2 is 1.05 bits per heavy atom. The molecule has 208 valence electrons. The van der Waals surface area contributed by atoms with Crippen LogP contribution in [0, 0.1) is 0 Å². The minimum atomic E-state index is 0.279. The molecule has 0 unspecified atom stereocenters. The lowest BCUT2D eigenvalue weighted by atomic mass is 9.93. The fraction of sp³-hybridized carbons (Fsp3) is 0.444. The van der Waals surface area contributed by atoms with Crippen LogP contribution in [-0.2, 0) is 0 Å². The molecule has 0 atom stereocenters. The summed E-state index contributed by atoms with van der Waals surface area (Å²) in [7, 11) is 0. The Morgan fingerprint density at radius 1 is 0.538 bits per heavy atom. The molecule has 0 fully saturated rings. The zero-order valence-corrected chi connectivity index (χ0v) is 24.0. The molecular formula is C36H46O3. The van der Waals surface area contributed by atoms with Crippen molar-refractivity contribution in [3.63, 3.8) is 0 Å². The maximum atomic E-state index is 11.1. The van der Waals surface area contributed by atoms with E-state index in [4.69, 9.17) is 9.47 Å². The SMILES string of the molecule is CCCCCCCCOc1ccc2cccc(-c3c(O)ccc4ccc(OCCCCCCCC)cc34)c2c1. The van der Waals surface area contributed by atoms with E-state index in [0.717, 1.165) is 70.2 Å². The van der Waals surface area contributed by atoms with E-state index in [9.17, 15) is 5.11 Å². The lowest BCUT2D eigenvalue weighted by Gasteiger charge is -2.15. The number of hydrogen-bond donors (Lipinski definition) is 1. The van der Waals surface area contributed by atoms with E-state index in [1.165, 1.54) is 64.2 Å². The molecule has 39 heavy (non-hydrogen) atoms. The van der Waals surface area contributed by atoms with E-state index in [1.54, 1.807) is 6.07 Å². The van der Waals surface area contributed by atoms with Gasteiger partial charge in [0, 0.05) is 5.56 Å². The monoisotopic (exact) mass is 526 g/mol. The highest BCUT2D eigenvalue weighted by atomic mass is 16.5. The maximum absolute atomic E-state index is 11.1. The smallest absolute Gasteiger partial charge is 0.124 e. The van der Waals surface area contributed by atoms with E-state index in [2.05, 4.69) is 62.4 Å². The zero-order valence-electron chi connectivity index (χ0n) is 24.0. The van der Waals surface area contributed by atoms with Gasteiger partial charge in [-0.2, -0.15) is 0 Å². The van der Waals surface area contributed by atoms with E-state index in [-0.39, 0.29) is 5.75 Å². The third-order valence-electron chi connectivity index (χ3n) is 7.63. The quantitative estimate of drug-likeness (QED) is 0.139. The summed E-state index contributed by atoms with van der Waals surface area (Å²) in [6.07, 6.45) is 14.9. The summed E-state index contributed by atoms with van der Waals surface area (Å²) in [6.45, 7) is 5.95. The molecule has 0 aliphatic rings. The molecular weight excluding hydrogens is 480 g/mol. The van der Waals surface area contributed by atoms with E-state index >= 15 is 0 Å². The molecule has 3 nitrogen and oxygen atoms in total. The molecule has 3 heteroatoms. The molecule has 0 spiro atoms. The van der Waals surface area contributed by atoms with Gasteiger partial charge in [-0.05, 0) is 70.3 Å². The second-order valence-electron chi connectivity index (χ2n) is 10.8. The first-order valence-electron chi connectivity index (χ1n) is 15.3. The van der Waals surface area contributed by atoms with Gasteiger partial charge in [-0.15, -0.1) is 0 Å². The minimum Gasteiger partial charge on any atom is -0.507 e. The maximum Gasteiger partial charge on any atom is 0.124 e. The Balaban J connectivity index is 1.52. The van der Waals surface area contributed by atoms with Gasteiger partial charge in [0.25, 0.3) is 0 Å². The van der Waals surface area contributed by atoms with Gasteiger partial charge in [0.1, 0.15) is 17.2 Å². The van der Waals surface area contributed by atoms with Crippen LogP contribution in [0.1, 0.15) is 90.9 Å². The highest BCUT2D eigenvalue weighted by molar-refractivity contribution is 6.08. The van der Waals surface area contributed by atoms with Crippen molar-refractivity contribution in [2.24, 2.45) is 0 Å². The van der Waals surface area contributed by atoms with Crippen molar-refractivity contribution in [2.75, 3.05) is 13.2 Å². The van der Waals surface area contributed by atoms with Crippen molar-refractivity contribution in [3.05, 3.63) is 66.7 Å². The number of fused-ring (bicyclic) bond motifs is 2. The van der Waals surface area contributed by atoms with Crippen LogP contribution in [0.2, 0.25) is 0 Å². The molecule has 4 rings (SSSR count). The lowest BCUT2D eigenvalue weighted by Crippen LogP contribution is -1.98. The number of phenolic OH excluding ortho intramolecular Hbond substituents is 1. The molecule has 0 aromatic heterocycles. The number of phenols is 1. The molecule has 0 saturated carbocycles. The fourth-order valence-corrected chi connectivity index (χ4v) is 5.36. The van der Waals surface area contributed by atoms with Crippen molar-refractivity contribution < 1.29 is 14.6 Å². The van der Waals surface area contributed by atoms with E-state index in [1.807, 2.05) is 12.1 Å². The Hall–Kier alpha value is -3.20. The fourth-order valence-electron chi connectivity index (χ4n) is 5.36. The Labute approximate surface area is 235 Å². The van der Waals surface area contributed by atoms with Gasteiger partial charge in [-0.25, -0.2) is 0 Å². The Kier molecular flexibility index (Phi) is 11.4. The summed E-state index contributed by atoms with van der Waals surface area (Å²) in [5, 5.41) is 15.4. The van der Waals surface area contributed by atoms with Crippen molar-refractivity contribution in [1.82, 2.24) is 0 Å². The number of benzene rings is 4. The van der Waals surface area contributed by atoms with Gasteiger partial charge in [-0.1, -0.05) is 114 Å². The summed E-state index contributed by atoms with van der Waals surface area (Å²) in [4.78, 5) is 0. The summed E-state index contributed by atoms with van der Waals surface area (Å²) >= 11 is 0. The molecule has 1 N–H and O–H groups in total. The van der Waals surface area contributed by atoms with Gasteiger partial charge in [-0.3, -0.25) is 0 Å². The second-order valence-corrected chi connectivity index (χ2v) is 10.8. The van der Waals surface area contributed by atoms with Crippen LogP contribution in [0.3, 0.4) is 0 Å². The molecule has 0 heterocycles. The van der Waals surface area contributed by atoms with Gasteiger partial charge >= 0.3 is 0 Å². The number of hydrogen-bond acceptors (Lipinski definition) is 3. The van der Waals surface area contributed by atoms with Gasteiger partial charge < -0.3 is 14.6 Å². The predicted octanol–water partition coefficient (Wildman–Crippen LogP) is 10.8. The Bertz CT molecular complexity index is 1310. The van der Waals surface area contributed by atoms with Crippen molar-refractivity contribution in [1.29, 1.82) is 0 Å². The summed E-state index contributed by atoms with van der Waals surface area (Å²) in [5.41, 5.74) is 1.85. The average molecular weight is 527 g/mol. The van der Waals surface area contributed by atoms with Gasteiger partial charge in [0.15, 0.2) is 0 Å². The summed E-state index contributed by atoms with van der Waals surface area (Å²) < 4.78 is 12.3. The van der Waals surface area contributed by atoms with E-state index in [0.29, 0.717) is 0 Å². The van der Waals surface area contributed by atoms with Crippen molar-refractivity contribution in [3.8, 4) is 28.4 Å². The summed E-state index contributed by atoms with van der Waals surface area (Å²) in [5.74, 6) is 2.01. The number of ether oxygens (including phenoxy) is 2. The number of aromatic hydroxyl groups is 1. The molecule has 4 aromatic carbocycles. The van der Waals surface area contributed by atoms with Crippen LogP contribution >= 0.6 is 0 Å². The first-order chi connectivity index (χ1) is 19.2. The third-order valence-corrected chi connectivity index (χ3v) is 7.63. The van der Waals surface area contributed by atoms with Crippen LogP contribution < -0.4 is 9.47 Å². The highest BCUT2D eigenvalue weighted by Gasteiger charge is 2.14.